The Balaban J connectivity index is 2.14. The molecule has 1 amide bonds. The molecule has 20 heavy (non-hydrogen) atoms. The van der Waals surface area contributed by atoms with Gasteiger partial charge in [-0.2, -0.15) is 5.10 Å². The van der Waals surface area contributed by atoms with Gasteiger partial charge in [0.15, 0.2) is 5.76 Å². The summed E-state index contributed by atoms with van der Waals surface area (Å²) in [5.74, 6) is 0.154. The Morgan fingerprint density at radius 2 is 2.20 bits per heavy atom. The average Bonchev–Trinajstić information content (AvgIpc) is 2.96. The molecule has 7 heteroatoms. The van der Waals surface area contributed by atoms with E-state index < -0.39 is 5.91 Å². The molecule has 1 N–H and O–H groups in total. The first kappa shape index (κ1) is 14.4. The maximum atomic E-state index is 11.6. The largest absolute Gasteiger partial charge is 0.495 e. The van der Waals surface area contributed by atoms with Crippen LogP contribution >= 0.6 is 23.2 Å². The number of halogens is 2. The molecule has 1 aromatic heterocycles. The van der Waals surface area contributed by atoms with Gasteiger partial charge in [0.1, 0.15) is 5.75 Å². The number of furan rings is 1. The van der Waals surface area contributed by atoms with E-state index in [0.29, 0.717) is 21.4 Å². The van der Waals surface area contributed by atoms with Gasteiger partial charge in [0.05, 0.1) is 29.6 Å². The molecule has 0 bridgehead atoms. The maximum absolute atomic E-state index is 11.6. The molecular weight excluding hydrogens is 303 g/mol. The number of amides is 1. The number of ether oxygens (including phenoxy) is 1. The lowest BCUT2D eigenvalue weighted by molar-refractivity contribution is 0.0927. The van der Waals surface area contributed by atoms with Crippen molar-refractivity contribution in [3.63, 3.8) is 0 Å². The Hall–Kier alpha value is -1.98. The lowest BCUT2D eigenvalue weighted by Gasteiger charge is -2.06. The molecule has 0 fully saturated rings. The minimum atomic E-state index is -0.471. The van der Waals surface area contributed by atoms with Gasteiger partial charge in [0, 0.05) is 5.56 Å². The van der Waals surface area contributed by atoms with Gasteiger partial charge in [-0.25, -0.2) is 5.43 Å². The van der Waals surface area contributed by atoms with Gasteiger partial charge >= 0.3 is 5.91 Å². The Labute approximate surface area is 125 Å². The number of carbonyl (C=O) groups excluding carboxylic acids is 1. The van der Waals surface area contributed by atoms with Crippen molar-refractivity contribution < 1.29 is 13.9 Å². The van der Waals surface area contributed by atoms with Gasteiger partial charge in [-0.3, -0.25) is 4.79 Å². The number of hydrogen-bond acceptors (Lipinski definition) is 4. The molecule has 0 aliphatic carbocycles. The number of benzene rings is 1. The quantitative estimate of drug-likeness (QED) is 0.695. The number of rotatable bonds is 4. The minimum absolute atomic E-state index is 0.157. The van der Waals surface area contributed by atoms with Crippen LogP contribution in [0.1, 0.15) is 16.1 Å². The van der Waals surface area contributed by atoms with Gasteiger partial charge in [0.25, 0.3) is 0 Å². The van der Waals surface area contributed by atoms with E-state index in [1.54, 1.807) is 18.2 Å². The smallest absolute Gasteiger partial charge is 0.307 e. The van der Waals surface area contributed by atoms with E-state index in [0.717, 1.165) is 0 Å². The lowest BCUT2D eigenvalue weighted by atomic mass is 10.2. The van der Waals surface area contributed by atoms with Crippen LogP contribution in [0, 0.1) is 0 Å². The van der Waals surface area contributed by atoms with Crippen molar-refractivity contribution in [2.45, 2.75) is 0 Å². The normalized spacial score (nSPS) is 10.8. The first-order valence-corrected chi connectivity index (χ1v) is 6.28. The summed E-state index contributed by atoms with van der Waals surface area (Å²) >= 11 is 12.1. The topological polar surface area (TPSA) is 63.8 Å². The van der Waals surface area contributed by atoms with E-state index in [1.807, 2.05) is 0 Å². The molecule has 1 aromatic carbocycles. The van der Waals surface area contributed by atoms with Gasteiger partial charge in [-0.15, -0.1) is 0 Å². The predicted octanol–water partition coefficient (Wildman–Crippen LogP) is 3.36. The van der Waals surface area contributed by atoms with E-state index in [-0.39, 0.29) is 5.76 Å². The van der Waals surface area contributed by atoms with Gasteiger partial charge in [-0.1, -0.05) is 23.2 Å². The standard InChI is InChI=1S/C13H10Cl2N2O3/c1-19-10-5-4-9(14)8(12(10)15)7-16-17-13(18)11-3-2-6-20-11/h2-7H,1H3,(H,17,18). The molecule has 2 aromatic rings. The predicted molar refractivity (Wildman–Crippen MR) is 76.8 cm³/mol. The highest BCUT2D eigenvalue weighted by atomic mass is 35.5. The van der Waals surface area contributed by atoms with E-state index in [2.05, 4.69) is 10.5 Å². The highest BCUT2D eigenvalue weighted by molar-refractivity contribution is 6.39. The van der Waals surface area contributed by atoms with Crippen molar-refractivity contribution in [2.75, 3.05) is 7.11 Å². The fraction of sp³-hybridized carbons (Fsp3) is 0.0769. The first-order chi connectivity index (χ1) is 9.63. The van der Waals surface area contributed by atoms with Crippen LogP contribution in [0.5, 0.6) is 5.75 Å². The van der Waals surface area contributed by atoms with Crippen LogP contribution in [0.3, 0.4) is 0 Å². The number of nitrogens with zero attached hydrogens (tertiary/aromatic N) is 1. The molecule has 2 rings (SSSR count). The number of hydrogen-bond donors (Lipinski definition) is 1. The van der Waals surface area contributed by atoms with Crippen LogP contribution in [-0.2, 0) is 0 Å². The van der Waals surface area contributed by atoms with E-state index in [1.165, 1.54) is 25.7 Å². The van der Waals surface area contributed by atoms with Gasteiger partial charge < -0.3 is 9.15 Å². The zero-order chi connectivity index (χ0) is 14.5. The molecule has 0 unspecified atom stereocenters. The summed E-state index contributed by atoms with van der Waals surface area (Å²) in [5.41, 5.74) is 2.76. The van der Waals surface area contributed by atoms with Gasteiger partial charge in [0.2, 0.25) is 0 Å². The molecule has 0 radical (unpaired) electrons. The second kappa shape index (κ2) is 6.45. The number of nitrogens with one attached hydrogen (secondary N) is 1. The molecule has 0 aliphatic rings. The Morgan fingerprint density at radius 1 is 1.40 bits per heavy atom. The Bertz CT molecular complexity index is 639. The molecule has 1 heterocycles. The highest BCUT2D eigenvalue weighted by Gasteiger charge is 2.10. The maximum Gasteiger partial charge on any atom is 0.307 e. The van der Waals surface area contributed by atoms with E-state index in [4.69, 9.17) is 32.4 Å². The summed E-state index contributed by atoms with van der Waals surface area (Å²) in [6.45, 7) is 0. The van der Waals surface area contributed by atoms with E-state index >= 15 is 0 Å². The van der Waals surface area contributed by atoms with Crippen molar-refractivity contribution in [3.8, 4) is 5.75 Å². The summed E-state index contributed by atoms with van der Waals surface area (Å²) in [7, 11) is 1.49. The fourth-order valence-electron chi connectivity index (χ4n) is 1.44. The molecule has 5 nitrogen and oxygen atoms in total. The zero-order valence-electron chi connectivity index (χ0n) is 10.4. The summed E-state index contributed by atoms with van der Waals surface area (Å²) in [6.07, 6.45) is 2.74. The van der Waals surface area contributed by atoms with Crippen LogP contribution in [-0.4, -0.2) is 19.2 Å². The van der Waals surface area contributed by atoms with Crippen LogP contribution in [0.2, 0.25) is 10.0 Å². The number of carbonyl (C=O) groups is 1. The summed E-state index contributed by atoms with van der Waals surface area (Å²) < 4.78 is 10.00. The third kappa shape index (κ3) is 3.12. The van der Waals surface area contributed by atoms with Crippen LogP contribution in [0.25, 0.3) is 0 Å². The summed E-state index contributed by atoms with van der Waals surface area (Å²) in [4.78, 5) is 11.6. The molecule has 104 valence electrons. The van der Waals surface area contributed by atoms with Gasteiger partial charge in [-0.05, 0) is 24.3 Å². The van der Waals surface area contributed by atoms with Crippen molar-refractivity contribution >= 4 is 35.3 Å². The second-order valence-electron chi connectivity index (χ2n) is 3.65. The van der Waals surface area contributed by atoms with Crippen LogP contribution in [0.15, 0.2) is 40.0 Å². The zero-order valence-corrected chi connectivity index (χ0v) is 11.9. The summed E-state index contributed by atoms with van der Waals surface area (Å²) in [6, 6.07) is 6.40. The molecule has 0 saturated heterocycles. The third-order valence-corrected chi connectivity index (χ3v) is 3.14. The summed E-state index contributed by atoms with van der Waals surface area (Å²) in [5, 5.41) is 4.50. The SMILES string of the molecule is COc1ccc(Cl)c(C=NNC(=O)c2ccco2)c1Cl. The average molecular weight is 313 g/mol. The van der Waals surface area contributed by atoms with Crippen molar-refractivity contribution in [1.82, 2.24) is 5.43 Å². The van der Waals surface area contributed by atoms with Crippen molar-refractivity contribution in [1.29, 1.82) is 0 Å². The van der Waals surface area contributed by atoms with Crippen molar-refractivity contribution in [3.05, 3.63) is 51.9 Å². The first-order valence-electron chi connectivity index (χ1n) is 5.52. The molecular formula is C13H10Cl2N2O3. The van der Waals surface area contributed by atoms with E-state index in [9.17, 15) is 4.79 Å². The number of hydrazone groups is 1. The molecule has 0 aliphatic heterocycles. The van der Waals surface area contributed by atoms with Crippen LogP contribution in [0.4, 0.5) is 0 Å². The Morgan fingerprint density at radius 3 is 2.85 bits per heavy atom. The lowest BCUT2D eigenvalue weighted by Crippen LogP contribution is -2.16. The van der Waals surface area contributed by atoms with Crippen LogP contribution < -0.4 is 10.2 Å². The highest BCUT2D eigenvalue weighted by Crippen LogP contribution is 2.31. The monoisotopic (exact) mass is 312 g/mol. The third-order valence-electron chi connectivity index (χ3n) is 2.42. The molecule has 0 spiro atoms. The van der Waals surface area contributed by atoms with Crippen molar-refractivity contribution in [2.24, 2.45) is 5.10 Å². The second-order valence-corrected chi connectivity index (χ2v) is 4.44. The Kier molecular flexibility index (Phi) is 4.65. The number of methoxy groups -OCH3 is 1. The fourth-order valence-corrected chi connectivity index (χ4v) is 1.99. The molecule has 0 atom stereocenters. The molecule has 0 saturated carbocycles. The minimum Gasteiger partial charge on any atom is -0.495 e.